The molecule has 0 aromatic rings. The number of allylic oxidation sites excluding steroid dienone is 7. The maximum atomic E-state index is 12.5. The molecule has 376 valence electrons. The number of hydrogen-bond donors (Lipinski definition) is 3. The largest absolute Gasteiger partial charge is 0.394 e. The standard InChI is InChI=1S/C60H113NO3/c1-3-5-7-9-11-13-15-17-19-21-23-25-26-27-28-29-30-31-32-33-34-35-36-38-40-42-44-46-48-50-52-54-56-60(64)61-58(57-62)59(63)55-53-51-49-47-45-43-41-39-37-24-22-20-18-16-14-12-10-8-6-4-2/h27-28,37,39,45,47,53,55,58-59,62-63H,3-26,29-36,38,40-44,46,48-52,54,56-57H2,1-2H3,(H,61,64)/b28-27-,39-37+,47-45+,55-53+. The number of aliphatic hydroxyl groups excluding tert-OH is 2. The van der Waals surface area contributed by atoms with E-state index in [1.807, 2.05) is 6.08 Å². The molecule has 0 saturated carbocycles. The van der Waals surface area contributed by atoms with Gasteiger partial charge in [-0.3, -0.25) is 4.79 Å². The summed E-state index contributed by atoms with van der Waals surface area (Å²) in [5.74, 6) is -0.0741. The molecule has 0 fully saturated rings. The van der Waals surface area contributed by atoms with Gasteiger partial charge in [-0.1, -0.05) is 281 Å². The van der Waals surface area contributed by atoms with Gasteiger partial charge in [0.2, 0.25) is 5.91 Å². The molecule has 4 heteroatoms. The Hall–Kier alpha value is -1.65. The van der Waals surface area contributed by atoms with E-state index in [0.717, 1.165) is 38.5 Å². The van der Waals surface area contributed by atoms with Crippen LogP contribution >= 0.6 is 0 Å². The third kappa shape index (κ3) is 51.3. The van der Waals surface area contributed by atoms with E-state index in [9.17, 15) is 15.0 Å². The molecule has 0 heterocycles. The Bertz CT molecular complexity index is 1020. The maximum absolute atomic E-state index is 12.5. The first-order chi connectivity index (χ1) is 31.7. The van der Waals surface area contributed by atoms with Crippen LogP contribution in [0.5, 0.6) is 0 Å². The van der Waals surface area contributed by atoms with Gasteiger partial charge in [0, 0.05) is 6.42 Å². The second-order valence-electron chi connectivity index (χ2n) is 19.7. The molecule has 0 radical (unpaired) electrons. The van der Waals surface area contributed by atoms with E-state index in [1.165, 1.54) is 250 Å². The van der Waals surface area contributed by atoms with Gasteiger partial charge in [-0.2, -0.15) is 0 Å². The van der Waals surface area contributed by atoms with Crippen LogP contribution in [0.25, 0.3) is 0 Å². The first-order valence-corrected chi connectivity index (χ1v) is 28.9. The average molecular weight is 897 g/mol. The van der Waals surface area contributed by atoms with Crippen LogP contribution in [0.2, 0.25) is 0 Å². The van der Waals surface area contributed by atoms with Crippen LogP contribution in [0.1, 0.15) is 309 Å². The van der Waals surface area contributed by atoms with Crippen molar-refractivity contribution in [3.8, 4) is 0 Å². The Morgan fingerprint density at radius 1 is 0.359 bits per heavy atom. The van der Waals surface area contributed by atoms with E-state index in [4.69, 9.17) is 0 Å². The smallest absolute Gasteiger partial charge is 0.220 e. The fourth-order valence-electron chi connectivity index (χ4n) is 8.86. The van der Waals surface area contributed by atoms with Gasteiger partial charge >= 0.3 is 0 Å². The van der Waals surface area contributed by atoms with Gasteiger partial charge in [-0.05, 0) is 70.6 Å². The number of unbranched alkanes of at least 4 members (excludes halogenated alkanes) is 40. The summed E-state index contributed by atoms with van der Waals surface area (Å²) in [7, 11) is 0. The van der Waals surface area contributed by atoms with Crippen molar-refractivity contribution in [2.75, 3.05) is 6.61 Å². The summed E-state index contributed by atoms with van der Waals surface area (Å²) >= 11 is 0. The molecule has 0 spiro atoms. The van der Waals surface area contributed by atoms with Crippen molar-refractivity contribution in [3.05, 3.63) is 48.6 Å². The van der Waals surface area contributed by atoms with Crippen molar-refractivity contribution in [1.29, 1.82) is 0 Å². The molecule has 0 aliphatic carbocycles. The van der Waals surface area contributed by atoms with Crippen LogP contribution in [-0.2, 0) is 4.79 Å². The minimum Gasteiger partial charge on any atom is -0.394 e. The summed E-state index contributed by atoms with van der Waals surface area (Å²) in [6.45, 7) is 4.32. The molecule has 4 nitrogen and oxygen atoms in total. The third-order valence-electron chi connectivity index (χ3n) is 13.3. The van der Waals surface area contributed by atoms with Crippen LogP contribution < -0.4 is 5.32 Å². The Labute approximate surface area is 401 Å². The molecule has 2 atom stereocenters. The van der Waals surface area contributed by atoms with Crippen molar-refractivity contribution in [2.24, 2.45) is 0 Å². The van der Waals surface area contributed by atoms with Crippen LogP contribution in [0.15, 0.2) is 48.6 Å². The van der Waals surface area contributed by atoms with Gasteiger partial charge in [0.25, 0.3) is 0 Å². The number of nitrogens with one attached hydrogen (secondary N) is 1. The van der Waals surface area contributed by atoms with Gasteiger partial charge in [-0.15, -0.1) is 0 Å². The monoisotopic (exact) mass is 896 g/mol. The first-order valence-electron chi connectivity index (χ1n) is 28.9. The molecule has 2 unspecified atom stereocenters. The number of rotatable bonds is 53. The van der Waals surface area contributed by atoms with Crippen LogP contribution in [0.3, 0.4) is 0 Å². The summed E-state index contributed by atoms with van der Waals surface area (Å²) in [6.07, 6.45) is 77.1. The summed E-state index contributed by atoms with van der Waals surface area (Å²) in [5, 5.41) is 23.1. The van der Waals surface area contributed by atoms with Crippen LogP contribution in [0.4, 0.5) is 0 Å². The average Bonchev–Trinajstić information content (AvgIpc) is 3.30. The topological polar surface area (TPSA) is 69.6 Å². The lowest BCUT2D eigenvalue weighted by molar-refractivity contribution is -0.123. The number of aliphatic hydroxyl groups is 2. The van der Waals surface area contributed by atoms with Gasteiger partial charge in [-0.25, -0.2) is 0 Å². The fourth-order valence-corrected chi connectivity index (χ4v) is 8.86. The van der Waals surface area contributed by atoms with Crippen molar-refractivity contribution in [2.45, 2.75) is 321 Å². The summed E-state index contributed by atoms with van der Waals surface area (Å²) in [6, 6.07) is -0.646. The van der Waals surface area contributed by atoms with Crippen molar-refractivity contribution in [1.82, 2.24) is 5.32 Å². The molecule has 64 heavy (non-hydrogen) atoms. The normalized spacial score (nSPS) is 13.1. The number of carbonyl (C=O) groups excluding carboxylic acids is 1. The number of hydrogen-bond acceptors (Lipinski definition) is 3. The van der Waals surface area contributed by atoms with E-state index in [0.29, 0.717) is 6.42 Å². The molecule has 1 amide bonds. The zero-order valence-electron chi connectivity index (χ0n) is 43.3. The summed E-state index contributed by atoms with van der Waals surface area (Å²) in [4.78, 5) is 12.5. The summed E-state index contributed by atoms with van der Waals surface area (Å²) < 4.78 is 0. The molecule has 0 aromatic carbocycles. The highest BCUT2D eigenvalue weighted by molar-refractivity contribution is 5.76. The zero-order valence-corrected chi connectivity index (χ0v) is 43.3. The Kier molecular flexibility index (Phi) is 54.2. The van der Waals surface area contributed by atoms with Crippen molar-refractivity contribution >= 4 is 5.91 Å². The van der Waals surface area contributed by atoms with E-state index in [-0.39, 0.29) is 12.5 Å². The predicted octanol–water partition coefficient (Wildman–Crippen LogP) is 19.0. The van der Waals surface area contributed by atoms with Gasteiger partial charge in [0.15, 0.2) is 0 Å². The maximum Gasteiger partial charge on any atom is 0.220 e. The minimum absolute atomic E-state index is 0.0741. The lowest BCUT2D eigenvalue weighted by Gasteiger charge is -2.19. The fraction of sp³-hybridized carbons (Fsp3) is 0.850. The Morgan fingerprint density at radius 3 is 0.906 bits per heavy atom. The van der Waals surface area contributed by atoms with E-state index in [1.54, 1.807) is 6.08 Å². The molecule has 0 aliphatic rings. The molecule has 0 aliphatic heterocycles. The van der Waals surface area contributed by atoms with Gasteiger partial charge in [0.1, 0.15) is 0 Å². The predicted molar refractivity (Wildman–Crippen MR) is 285 cm³/mol. The lowest BCUT2D eigenvalue weighted by atomic mass is 10.0. The van der Waals surface area contributed by atoms with E-state index in [2.05, 4.69) is 55.6 Å². The second kappa shape index (κ2) is 55.7. The molecular weight excluding hydrogens is 783 g/mol. The van der Waals surface area contributed by atoms with E-state index < -0.39 is 12.1 Å². The molecule has 0 rings (SSSR count). The van der Waals surface area contributed by atoms with Crippen molar-refractivity contribution < 1.29 is 15.0 Å². The zero-order chi connectivity index (χ0) is 46.3. The molecule has 0 bridgehead atoms. The number of carbonyl (C=O) groups is 1. The highest BCUT2D eigenvalue weighted by Crippen LogP contribution is 2.17. The van der Waals surface area contributed by atoms with Crippen LogP contribution in [0, 0.1) is 0 Å². The van der Waals surface area contributed by atoms with Crippen molar-refractivity contribution in [3.63, 3.8) is 0 Å². The Balaban J connectivity index is 3.50. The molecule has 0 saturated heterocycles. The number of amides is 1. The SMILES string of the molecule is CCCCCCCCCCCC/C=C/CC/C=C/CC/C=C/C(O)C(CO)NC(=O)CCCCCCCCCCCCCCCCCC/C=C\CCCCCCCCCCCCCC. The third-order valence-corrected chi connectivity index (χ3v) is 13.3. The second-order valence-corrected chi connectivity index (χ2v) is 19.7. The lowest BCUT2D eigenvalue weighted by Crippen LogP contribution is -2.45. The highest BCUT2D eigenvalue weighted by Gasteiger charge is 2.18. The molecule has 3 N–H and O–H groups in total. The quantitative estimate of drug-likeness (QED) is 0.0421. The van der Waals surface area contributed by atoms with Gasteiger partial charge in [0.05, 0.1) is 18.8 Å². The Morgan fingerprint density at radius 2 is 0.609 bits per heavy atom. The highest BCUT2D eigenvalue weighted by atomic mass is 16.3. The molecule has 0 aromatic heterocycles. The first kappa shape index (κ1) is 62.4. The minimum atomic E-state index is -0.870. The van der Waals surface area contributed by atoms with Crippen LogP contribution in [-0.4, -0.2) is 34.9 Å². The van der Waals surface area contributed by atoms with Gasteiger partial charge < -0.3 is 15.5 Å². The summed E-state index contributed by atoms with van der Waals surface area (Å²) in [5.41, 5.74) is 0. The van der Waals surface area contributed by atoms with E-state index >= 15 is 0 Å². The molecular formula is C60H113NO3.